The second-order valence-electron chi connectivity index (χ2n) is 8.94. The third kappa shape index (κ3) is 6.57. The molecule has 2 N–H and O–H groups in total. The Kier molecular flexibility index (Phi) is 8.18. The highest BCUT2D eigenvalue weighted by Crippen LogP contribution is 2.38. The van der Waals surface area contributed by atoms with Crippen LogP contribution in [0.1, 0.15) is 30.4 Å². The average molecular weight is 530 g/mol. The number of phenols is 1. The molecule has 0 spiro atoms. The Bertz CT molecular complexity index is 1320. The van der Waals surface area contributed by atoms with Crippen LogP contribution in [0, 0.1) is 12.8 Å². The van der Waals surface area contributed by atoms with E-state index < -0.39 is 9.84 Å². The third-order valence-electron chi connectivity index (χ3n) is 6.02. The summed E-state index contributed by atoms with van der Waals surface area (Å²) in [4.78, 5) is 12.1. The van der Waals surface area contributed by atoms with Crippen LogP contribution in [0.2, 0.25) is 5.02 Å². The van der Waals surface area contributed by atoms with Gasteiger partial charge in [0.2, 0.25) is 5.91 Å². The van der Waals surface area contributed by atoms with Crippen LogP contribution in [0.3, 0.4) is 0 Å². The van der Waals surface area contributed by atoms with Crippen LogP contribution in [-0.2, 0) is 26.0 Å². The van der Waals surface area contributed by atoms with Gasteiger partial charge < -0.3 is 19.9 Å². The second-order valence-corrected chi connectivity index (χ2v) is 11.4. The number of sulfone groups is 1. The van der Waals surface area contributed by atoms with Crippen LogP contribution in [0.4, 0.5) is 5.69 Å². The maximum absolute atomic E-state index is 12.8. The summed E-state index contributed by atoms with van der Waals surface area (Å²) in [6.07, 6.45) is 2.80. The van der Waals surface area contributed by atoms with Crippen molar-refractivity contribution in [1.29, 1.82) is 0 Å². The Morgan fingerprint density at radius 3 is 2.53 bits per heavy atom. The summed E-state index contributed by atoms with van der Waals surface area (Å²) in [6.45, 7) is 1.97. The summed E-state index contributed by atoms with van der Waals surface area (Å²) in [5.41, 5.74) is 2.08. The normalized spacial score (nSPS) is 13.7. The van der Waals surface area contributed by atoms with E-state index in [9.17, 15) is 18.3 Å². The van der Waals surface area contributed by atoms with Crippen LogP contribution >= 0.6 is 11.6 Å². The molecule has 4 rings (SSSR count). The number of anilines is 1. The zero-order chi connectivity index (χ0) is 25.7. The molecule has 190 valence electrons. The molecule has 1 fully saturated rings. The maximum Gasteiger partial charge on any atom is 0.250 e. The van der Waals surface area contributed by atoms with Gasteiger partial charge in [-0.15, -0.1) is 0 Å². The van der Waals surface area contributed by atoms with Crippen molar-refractivity contribution in [1.82, 2.24) is 0 Å². The summed E-state index contributed by atoms with van der Waals surface area (Å²) in [6, 6.07) is 16.9. The minimum absolute atomic E-state index is 0.00720. The first kappa shape index (κ1) is 26.0. The van der Waals surface area contributed by atoms with Crippen molar-refractivity contribution in [3.05, 3.63) is 76.8 Å². The first-order chi connectivity index (χ1) is 17.2. The minimum Gasteiger partial charge on any atom is -0.507 e. The molecule has 3 aromatic carbocycles. The van der Waals surface area contributed by atoms with E-state index in [-0.39, 0.29) is 45.6 Å². The van der Waals surface area contributed by atoms with Crippen LogP contribution in [0.5, 0.6) is 17.2 Å². The summed E-state index contributed by atoms with van der Waals surface area (Å²) in [7, 11) is -3.65. The lowest BCUT2D eigenvalue weighted by atomic mass is 9.87. The molecule has 0 saturated heterocycles. The number of nitrogens with one attached hydrogen (secondary N) is 1. The van der Waals surface area contributed by atoms with Gasteiger partial charge in [0, 0.05) is 11.8 Å². The molecular weight excluding hydrogens is 502 g/mol. The lowest BCUT2D eigenvalue weighted by molar-refractivity contribution is -0.121. The van der Waals surface area contributed by atoms with Crippen molar-refractivity contribution in [2.75, 3.05) is 17.7 Å². The lowest BCUT2D eigenvalue weighted by Crippen LogP contribution is -2.22. The predicted molar refractivity (Wildman–Crippen MR) is 138 cm³/mol. The van der Waals surface area contributed by atoms with Gasteiger partial charge in [-0.3, -0.25) is 4.79 Å². The number of hydrogen-bond donors (Lipinski definition) is 2. The first-order valence-electron chi connectivity index (χ1n) is 11.7. The van der Waals surface area contributed by atoms with E-state index in [4.69, 9.17) is 21.1 Å². The monoisotopic (exact) mass is 529 g/mol. The quantitative estimate of drug-likeness (QED) is 0.340. The smallest absolute Gasteiger partial charge is 0.250 e. The fourth-order valence-corrected chi connectivity index (χ4v) is 6.07. The molecule has 0 unspecified atom stereocenters. The minimum atomic E-state index is -3.65. The van der Waals surface area contributed by atoms with E-state index in [1.807, 2.05) is 30.3 Å². The molecule has 1 aliphatic rings. The van der Waals surface area contributed by atoms with Crippen molar-refractivity contribution < 1.29 is 27.8 Å². The van der Waals surface area contributed by atoms with Gasteiger partial charge in [0.1, 0.15) is 28.8 Å². The van der Waals surface area contributed by atoms with Crippen molar-refractivity contribution in [3.8, 4) is 17.2 Å². The number of rotatable bonds is 10. The summed E-state index contributed by atoms with van der Waals surface area (Å²) < 4.78 is 37.0. The molecule has 7 nitrogen and oxygen atoms in total. The number of carbonyl (C=O) groups excluding carboxylic acids is 1. The first-order valence-corrected chi connectivity index (χ1v) is 13.7. The number of benzene rings is 3. The van der Waals surface area contributed by atoms with Crippen LogP contribution in [0.15, 0.2) is 65.6 Å². The Morgan fingerprint density at radius 1 is 1.11 bits per heavy atom. The summed E-state index contributed by atoms with van der Waals surface area (Å²) in [5, 5.41) is 13.2. The number of phenolic OH excluding ortho intramolecular Hbond substituents is 1. The van der Waals surface area contributed by atoms with E-state index in [2.05, 4.69) is 5.32 Å². The highest BCUT2D eigenvalue weighted by atomic mass is 35.5. The molecule has 1 aliphatic carbocycles. The van der Waals surface area contributed by atoms with Gasteiger partial charge in [0.15, 0.2) is 9.84 Å². The number of carbonyl (C=O) groups is 1. The SMILES string of the molecule is Cc1cc(NC(=O)COCc2ccccc2)cc(Cl)c1Oc1ccc(O)c(S(=O)(=O)CC2CCC2)c1. The van der Waals surface area contributed by atoms with Crippen LogP contribution in [-0.4, -0.2) is 31.8 Å². The van der Waals surface area contributed by atoms with Gasteiger partial charge in [-0.25, -0.2) is 8.42 Å². The largest absolute Gasteiger partial charge is 0.507 e. The maximum atomic E-state index is 12.8. The molecule has 0 atom stereocenters. The highest BCUT2D eigenvalue weighted by Gasteiger charge is 2.28. The molecular formula is C27H28ClNO6S. The predicted octanol–water partition coefficient (Wildman–Crippen LogP) is 5.88. The van der Waals surface area contributed by atoms with E-state index in [0.29, 0.717) is 23.6 Å². The van der Waals surface area contributed by atoms with Gasteiger partial charge in [-0.2, -0.15) is 0 Å². The van der Waals surface area contributed by atoms with Gasteiger partial charge in [0.25, 0.3) is 0 Å². The topological polar surface area (TPSA) is 102 Å². The number of aromatic hydroxyl groups is 1. The fraction of sp³-hybridized carbons (Fsp3) is 0.296. The Morgan fingerprint density at radius 2 is 1.86 bits per heavy atom. The molecule has 0 aromatic heterocycles. The molecule has 1 saturated carbocycles. The van der Waals surface area contributed by atoms with Gasteiger partial charge in [0.05, 0.1) is 17.4 Å². The molecule has 0 bridgehead atoms. The standard InChI is InChI=1S/C27H28ClNO6S/c1-18-12-21(29-26(31)16-34-15-19-6-3-2-4-7-19)13-23(28)27(18)35-22-10-11-24(30)25(14-22)36(32,33)17-20-8-5-9-20/h2-4,6-7,10-14,20,30H,5,8-9,15-17H2,1H3,(H,29,31). The van der Waals surface area contributed by atoms with E-state index in [0.717, 1.165) is 24.8 Å². The molecule has 36 heavy (non-hydrogen) atoms. The molecule has 0 radical (unpaired) electrons. The molecule has 3 aromatic rings. The second kappa shape index (κ2) is 11.3. The molecule has 9 heteroatoms. The fourth-order valence-electron chi connectivity index (χ4n) is 3.95. The zero-order valence-corrected chi connectivity index (χ0v) is 21.4. The Balaban J connectivity index is 1.41. The van der Waals surface area contributed by atoms with E-state index in [1.54, 1.807) is 19.1 Å². The van der Waals surface area contributed by atoms with Gasteiger partial charge in [-0.1, -0.05) is 48.4 Å². The number of halogens is 1. The number of amides is 1. The molecule has 0 heterocycles. The van der Waals surface area contributed by atoms with Gasteiger partial charge in [-0.05, 0) is 61.1 Å². The van der Waals surface area contributed by atoms with Crippen molar-refractivity contribution in [2.24, 2.45) is 5.92 Å². The summed E-state index contributed by atoms with van der Waals surface area (Å²) in [5.74, 6) is 0.0565. The van der Waals surface area contributed by atoms with Crippen LogP contribution in [0.25, 0.3) is 0 Å². The van der Waals surface area contributed by atoms with Crippen molar-refractivity contribution in [2.45, 2.75) is 37.7 Å². The Hall–Kier alpha value is -3.07. The highest BCUT2D eigenvalue weighted by molar-refractivity contribution is 7.91. The van der Waals surface area contributed by atoms with Crippen LogP contribution < -0.4 is 10.1 Å². The van der Waals surface area contributed by atoms with Crippen molar-refractivity contribution in [3.63, 3.8) is 0 Å². The zero-order valence-electron chi connectivity index (χ0n) is 19.9. The number of ether oxygens (including phenoxy) is 2. The van der Waals surface area contributed by atoms with E-state index >= 15 is 0 Å². The average Bonchev–Trinajstić information content (AvgIpc) is 2.80. The number of hydrogen-bond acceptors (Lipinski definition) is 6. The number of aryl methyl sites for hydroxylation is 1. The molecule has 0 aliphatic heterocycles. The third-order valence-corrected chi connectivity index (χ3v) is 8.21. The summed E-state index contributed by atoms with van der Waals surface area (Å²) >= 11 is 6.43. The molecule has 1 amide bonds. The Labute approximate surface area is 215 Å². The lowest BCUT2D eigenvalue weighted by Gasteiger charge is -2.25. The van der Waals surface area contributed by atoms with Crippen molar-refractivity contribution >= 4 is 33.0 Å². The van der Waals surface area contributed by atoms with Gasteiger partial charge >= 0.3 is 0 Å². The van der Waals surface area contributed by atoms with E-state index in [1.165, 1.54) is 18.2 Å².